The molecule has 0 aliphatic heterocycles. The summed E-state index contributed by atoms with van der Waals surface area (Å²) in [5, 5.41) is -11.6. The van der Waals surface area contributed by atoms with E-state index in [1.165, 1.54) is 0 Å². The minimum Gasteiger partial charge on any atom is -0.213 e. The predicted octanol–water partition coefficient (Wildman–Crippen LogP) is 5.07. The molecule has 12 heteroatoms. The fourth-order valence-corrected chi connectivity index (χ4v) is 1.01. The average Bonchev–Trinajstić information content (AvgIpc) is 2.13. The normalized spacial score (nSPS) is 20.0. The Balaban J connectivity index is 5.88. The van der Waals surface area contributed by atoms with Crippen molar-refractivity contribution in [3.05, 3.63) is 11.9 Å². The van der Waals surface area contributed by atoms with E-state index >= 15 is 0 Å². The lowest BCUT2D eigenvalue weighted by atomic mass is 10.1. The Bertz CT molecular complexity index is 350. The summed E-state index contributed by atoms with van der Waals surface area (Å²) in [6, 6.07) is 0. The molecule has 0 nitrogen and oxygen atoms in total. The molecule has 0 fully saturated rings. The summed E-state index contributed by atoms with van der Waals surface area (Å²) in [7, 11) is 0. The van der Waals surface area contributed by atoms with Crippen LogP contribution in [0.5, 0.6) is 0 Å². The molecule has 0 aliphatic rings. The molecule has 0 radical (unpaired) electrons. The number of halogens is 12. The van der Waals surface area contributed by atoms with Crippen molar-refractivity contribution in [1.82, 2.24) is 0 Å². The second-order valence-corrected chi connectivity index (χ2v) is 3.84. The van der Waals surface area contributed by atoms with Gasteiger partial charge in [0.15, 0.2) is 0 Å². The smallest absolute Gasteiger partial charge is 0.213 e. The lowest BCUT2D eigenvalue weighted by Crippen LogP contribution is -2.60. The molecular formula is C6Cl2F10. The molecule has 18 heavy (non-hydrogen) atoms. The SMILES string of the molecule is FC(F)=C(F)C(F)(Cl)C(F)(Cl)C(F)(F)C(F)(F)F. The van der Waals surface area contributed by atoms with Crippen molar-refractivity contribution in [1.29, 1.82) is 0 Å². The quantitative estimate of drug-likeness (QED) is 0.500. The van der Waals surface area contributed by atoms with Crippen molar-refractivity contribution in [2.24, 2.45) is 0 Å². The first-order chi connectivity index (χ1) is 7.60. The van der Waals surface area contributed by atoms with Gasteiger partial charge in [-0.2, -0.15) is 30.7 Å². The van der Waals surface area contributed by atoms with Crippen molar-refractivity contribution >= 4 is 23.2 Å². The number of allylic oxidation sites excluding steroid dienone is 1. The first-order valence-corrected chi connectivity index (χ1v) is 4.27. The molecule has 0 heterocycles. The molecule has 0 saturated heterocycles. The topological polar surface area (TPSA) is 0 Å². The summed E-state index contributed by atoms with van der Waals surface area (Å²) in [6.45, 7) is 0. The van der Waals surface area contributed by atoms with Crippen LogP contribution in [0.2, 0.25) is 0 Å². The number of hydrogen-bond acceptors (Lipinski definition) is 0. The van der Waals surface area contributed by atoms with E-state index in [1.54, 1.807) is 0 Å². The fraction of sp³-hybridized carbons (Fsp3) is 0.667. The van der Waals surface area contributed by atoms with Crippen molar-refractivity contribution in [3.8, 4) is 0 Å². The number of alkyl halides is 9. The number of rotatable bonds is 3. The maximum atomic E-state index is 12.9. The van der Waals surface area contributed by atoms with Gasteiger partial charge in [0.05, 0.1) is 0 Å². The lowest BCUT2D eigenvalue weighted by molar-refractivity contribution is -0.320. The van der Waals surface area contributed by atoms with Gasteiger partial charge in [0.2, 0.25) is 5.83 Å². The summed E-state index contributed by atoms with van der Waals surface area (Å²) < 4.78 is 121. The van der Waals surface area contributed by atoms with E-state index in [-0.39, 0.29) is 0 Å². The Morgan fingerprint density at radius 1 is 0.722 bits per heavy atom. The van der Waals surface area contributed by atoms with E-state index in [2.05, 4.69) is 23.2 Å². The summed E-state index contributed by atoms with van der Waals surface area (Å²) in [5.74, 6) is -10.4. The van der Waals surface area contributed by atoms with Crippen LogP contribution in [0.3, 0.4) is 0 Å². The molecule has 0 aromatic carbocycles. The minimum atomic E-state index is -6.79. The van der Waals surface area contributed by atoms with Gasteiger partial charge in [-0.1, -0.05) is 23.2 Å². The van der Waals surface area contributed by atoms with Crippen LogP contribution in [-0.4, -0.2) is 22.4 Å². The predicted molar refractivity (Wildman–Crippen MR) is 40.7 cm³/mol. The molecular weight excluding hydrogens is 333 g/mol. The second kappa shape index (κ2) is 4.62. The van der Waals surface area contributed by atoms with Crippen LogP contribution in [0.15, 0.2) is 11.9 Å². The van der Waals surface area contributed by atoms with Crippen molar-refractivity contribution in [2.45, 2.75) is 22.4 Å². The number of hydrogen-bond donors (Lipinski definition) is 0. The van der Waals surface area contributed by atoms with Crippen molar-refractivity contribution < 1.29 is 43.9 Å². The zero-order valence-electron chi connectivity index (χ0n) is 7.54. The van der Waals surface area contributed by atoms with Gasteiger partial charge in [-0.3, -0.25) is 0 Å². The van der Waals surface area contributed by atoms with Crippen molar-refractivity contribution in [3.63, 3.8) is 0 Å². The molecule has 108 valence electrons. The molecule has 0 aromatic rings. The Morgan fingerprint density at radius 2 is 1.06 bits per heavy atom. The summed E-state index contributed by atoms with van der Waals surface area (Å²) >= 11 is 7.89. The van der Waals surface area contributed by atoms with Crippen LogP contribution in [0.25, 0.3) is 0 Å². The molecule has 0 aliphatic carbocycles. The Labute approximate surface area is 102 Å². The first-order valence-electron chi connectivity index (χ1n) is 3.52. The highest BCUT2D eigenvalue weighted by Crippen LogP contribution is 2.58. The molecule has 0 N–H and O–H groups in total. The zero-order valence-corrected chi connectivity index (χ0v) is 9.05. The molecule has 0 spiro atoms. The summed E-state index contributed by atoms with van der Waals surface area (Å²) in [5.41, 5.74) is 0. The van der Waals surface area contributed by atoms with E-state index < -0.39 is 34.3 Å². The largest absolute Gasteiger partial charge is 0.458 e. The third-order valence-corrected chi connectivity index (χ3v) is 2.61. The first kappa shape index (κ1) is 17.6. The van der Waals surface area contributed by atoms with Gasteiger partial charge < -0.3 is 0 Å². The highest BCUT2D eigenvalue weighted by molar-refractivity contribution is 6.35. The zero-order chi connectivity index (χ0) is 15.2. The highest BCUT2D eigenvalue weighted by atomic mass is 35.5. The Morgan fingerprint density at radius 3 is 1.28 bits per heavy atom. The van der Waals surface area contributed by atoms with Gasteiger partial charge in [-0.25, -0.2) is 13.2 Å². The van der Waals surface area contributed by atoms with Crippen LogP contribution < -0.4 is 0 Å². The van der Waals surface area contributed by atoms with Crippen LogP contribution in [-0.2, 0) is 0 Å². The molecule has 0 rings (SSSR count). The monoisotopic (exact) mass is 332 g/mol. The van der Waals surface area contributed by atoms with Crippen LogP contribution in [0, 0.1) is 0 Å². The van der Waals surface area contributed by atoms with Crippen LogP contribution in [0.4, 0.5) is 43.9 Å². The van der Waals surface area contributed by atoms with Gasteiger partial charge in [-0.05, 0) is 0 Å². The molecule has 0 amide bonds. The van der Waals surface area contributed by atoms with Gasteiger partial charge >= 0.3 is 23.3 Å². The maximum Gasteiger partial charge on any atom is 0.458 e. The van der Waals surface area contributed by atoms with Gasteiger partial charge in [0.1, 0.15) is 0 Å². The van der Waals surface area contributed by atoms with E-state index in [9.17, 15) is 43.9 Å². The Kier molecular flexibility index (Phi) is 4.52. The molecule has 0 saturated carbocycles. The fourth-order valence-electron chi connectivity index (χ4n) is 0.632. The minimum absolute atomic E-state index is 3.69. The molecule has 0 aromatic heterocycles. The lowest BCUT2D eigenvalue weighted by Gasteiger charge is -2.34. The van der Waals surface area contributed by atoms with Crippen LogP contribution >= 0.6 is 23.2 Å². The van der Waals surface area contributed by atoms with Gasteiger partial charge in [0.25, 0.3) is 5.13 Å². The van der Waals surface area contributed by atoms with E-state index in [0.29, 0.717) is 0 Å². The third-order valence-electron chi connectivity index (χ3n) is 1.59. The average molecular weight is 333 g/mol. The maximum absolute atomic E-state index is 12.9. The van der Waals surface area contributed by atoms with E-state index in [4.69, 9.17) is 0 Å². The second-order valence-electron chi connectivity index (χ2n) is 2.80. The molecule has 0 bridgehead atoms. The van der Waals surface area contributed by atoms with E-state index in [1.807, 2.05) is 0 Å². The standard InChI is InChI=1S/C6Cl2F10/c7-3(12,1(9)2(10)11)4(8,13)5(14,15)6(16,17)18. The third kappa shape index (κ3) is 2.49. The van der Waals surface area contributed by atoms with E-state index in [0.717, 1.165) is 0 Å². The summed E-state index contributed by atoms with van der Waals surface area (Å²) in [4.78, 5) is 0. The molecule has 2 atom stereocenters. The van der Waals surface area contributed by atoms with Crippen molar-refractivity contribution in [2.75, 3.05) is 0 Å². The Hall–Kier alpha value is -0.380. The van der Waals surface area contributed by atoms with Gasteiger partial charge in [0, 0.05) is 0 Å². The molecule has 2 unspecified atom stereocenters. The van der Waals surface area contributed by atoms with Crippen LogP contribution in [0.1, 0.15) is 0 Å². The highest BCUT2D eigenvalue weighted by Gasteiger charge is 2.80. The van der Waals surface area contributed by atoms with Gasteiger partial charge in [-0.15, -0.1) is 0 Å². The summed E-state index contributed by atoms with van der Waals surface area (Å²) in [6.07, 6.45) is -10.5.